The summed E-state index contributed by atoms with van der Waals surface area (Å²) in [6, 6.07) is 22.7. The van der Waals surface area contributed by atoms with Crippen LogP contribution in [0.5, 0.6) is 0 Å². The van der Waals surface area contributed by atoms with Crippen molar-refractivity contribution >= 4 is 6.09 Å². The molecule has 0 N–H and O–H groups in total. The number of ether oxygens (including phenoxy) is 1. The molecule has 2 aromatic rings. The molecule has 0 radical (unpaired) electrons. The highest BCUT2D eigenvalue weighted by atomic mass is 16.6. The van der Waals surface area contributed by atoms with Gasteiger partial charge in [0.25, 0.3) is 0 Å². The Morgan fingerprint density at radius 1 is 0.903 bits per heavy atom. The highest BCUT2D eigenvalue weighted by Gasteiger charge is 2.41. The van der Waals surface area contributed by atoms with Gasteiger partial charge in [0.05, 0.1) is 6.04 Å². The van der Waals surface area contributed by atoms with Crippen LogP contribution in [0.1, 0.15) is 44.9 Å². The Morgan fingerprint density at radius 2 is 1.45 bits per heavy atom. The molecule has 166 valence electrons. The molecule has 2 saturated heterocycles. The van der Waals surface area contributed by atoms with E-state index in [1.54, 1.807) is 0 Å². The molecule has 4 rings (SSSR count). The van der Waals surface area contributed by atoms with Gasteiger partial charge in [-0.15, -0.1) is 0 Å². The van der Waals surface area contributed by atoms with Crippen LogP contribution in [0, 0.1) is 0 Å². The van der Waals surface area contributed by atoms with Gasteiger partial charge in [0.2, 0.25) is 0 Å². The van der Waals surface area contributed by atoms with Gasteiger partial charge in [-0.25, -0.2) is 4.79 Å². The number of piperazine rings is 1. The molecule has 0 aliphatic carbocycles. The van der Waals surface area contributed by atoms with Crippen LogP contribution in [0.2, 0.25) is 0 Å². The summed E-state index contributed by atoms with van der Waals surface area (Å²) in [5, 5.41) is 0. The van der Waals surface area contributed by atoms with Gasteiger partial charge in [0, 0.05) is 44.8 Å². The lowest BCUT2D eigenvalue weighted by Gasteiger charge is -2.53. The van der Waals surface area contributed by atoms with Gasteiger partial charge >= 0.3 is 6.09 Å². The number of benzene rings is 2. The molecular weight excluding hydrogens is 386 g/mol. The zero-order valence-corrected chi connectivity index (χ0v) is 19.2. The van der Waals surface area contributed by atoms with Gasteiger partial charge in [-0.3, -0.25) is 9.80 Å². The number of carbonyl (C=O) groups excluding carboxylic acids is 1. The van der Waals surface area contributed by atoms with E-state index in [0.29, 0.717) is 12.1 Å². The normalized spacial score (nSPS) is 21.2. The van der Waals surface area contributed by atoms with Crippen LogP contribution in [0.25, 0.3) is 0 Å². The summed E-state index contributed by atoms with van der Waals surface area (Å²) >= 11 is 0. The number of hydrogen-bond donors (Lipinski definition) is 0. The van der Waals surface area contributed by atoms with Crippen LogP contribution >= 0.6 is 0 Å². The summed E-state index contributed by atoms with van der Waals surface area (Å²) in [5.41, 5.74) is 2.24. The van der Waals surface area contributed by atoms with Crippen molar-refractivity contribution in [3.63, 3.8) is 0 Å². The molecule has 31 heavy (non-hydrogen) atoms. The third-order valence-corrected chi connectivity index (χ3v) is 6.29. The number of hydrogen-bond acceptors (Lipinski definition) is 4. The van der Waals surface area contributed by atoms with Crippen molar-refractivity contribution < 1.29 is 9.53 Å². The Labute approximate surface area is 186 Å². The number of carbonyl (C=O) groups is 1. The number of amides is 1. The lowest BCUT2D eigenvalue weighted by atomic mass is 9.92. The Kier molecular flexibility index (Phi) is 6.35. The van der Waals surface area contributed by atoms with Crippen molar-refractivity contribution in [3.8, 4) is 0 Å². The molecule has 2 heterocycles. The van der Waals surface area contributed by atoms with E-state index >= 15 is 0 Å². The van der Waals surface area contributed by atoms with Crippen LogP contribution < -0.4 is 0 Å². The van der Waals surface area contributed by atoms with Gasteiger partial charge in [0.1, 0.15) is 5.60 Å². The van der Waals surface area contributed by atoms with Gasteiger partial charge in [-0.1, -0.05) is 60.7 Å². The lowest BCUT2D eigenvalue weighted by molar-refractivity contribution is -0.0414. The van der Waals surface area contributed by atoms with E-state index in [4.69, 9.17) is 4.74 Å². The molecule has 1 amide bonds. The first-order valence-electron chi connectivity index (χ1n) is 11.4. The zero-order valence-electron chi connectivity index (χ0n) is 19.2. The van der Waals surface area contributed by atoms with Crippen LogP contribution in [-0.2, 0) is 4.74 Å². The van der Waals surface area contributed by atoms with E-state index in [9.17, 15) is 4.79 Å². The number of nitrogens with zero attached hydrogens (tertiary/aromatic N) is 3. The van der Waals surface area contributed by atoms with E-state index < -0.39 is 5.60 Å². The molecule has 2 aliphatic rings. The fourth-order valence-corrected chi connectivity index (χ4v) is 4.80. The van der Waals surface area contributed by atoms with Gasteiger partial charge in [0.15, 0.2) is 0 Å². The average molecular weight is 422 g/mol. The smallest absolute Gasteiger partial charge is 0.410 e. The van der Waals surface area contributed by atoms with Crippen molar-refractivity contribution in [2.24, 2.45) is 0 Å². The minimum atomic E-state index is -0.449. The van der Waals surface area contributed by atoms with Crippen LogP contribution in [0.3, 0.4) is 0 Å². The molecule has 2 aromatic carbocycles. The Hall–Kier alpha value is -2.37. The van der Waals surface area contributed by atoms with Gasteiger partial charge in [-0.05, 0) is 38.8 Å². The van der Waals surface area contributed by atoms with Crippen molar-refractivity contribution in [2.75, 3.05) is 32.7 Å². The molecule has 1 unspecified atom stereocenters. The first kappa shape index (κ1) is 21.8. The van der Waals surface area contributed by atoms with Crippen molar-refractivity contribution in [1.82, 2.24) is 14.7 Å². The molecule has 5 nitrogen and oxygen atoms in total. The summed E-state index contributed by atoms with van der Waals surface area (Å²) in [6.07, 6.45) is -0.192. The van der Waals surface area contributed by atoms with Crippen LogP contribution in [0.15, 0.2) is 60.7 Å². The standard InChI is InChI=1S/C26H35N3O2/c1-20-17-27(25(30)31-26(2,3)4)15-16-29(20)23-18-28(19-23)24(21-11-7-5-8-12-21)22-13-9-6-10-14-22/h5-14,20,23-24H,15-19H2,1-4H3. The highest BCUT2D eigenvalue weighted by molar-refractivity contribution is 5.68. The molecule has 5 heteroatoms. The minimum Gasteiger partial charge on any atom is -0.444 e. The van der Waals surface area contributed by atoms with E-state index in [2.05, 4.69) is 77.4 Å². The number of rotatable bonds is 4. The molecular formula is C26H35N3O2. The largest absolute Gasteiger partial charge is 0.444 e. The molecule has 0 spiro atoms. The second-order valence-electron chi connectivity index (χ2n) is 9.84. The first-order chi connectivity index (χ1) is 14.8. The summed E-state index contributed by atoms with van der Waals surface area (Å²) in [7, 11) is 0. The van der Waals surface area contributed by atoms with E-state index in [1.807, 2.05) is 25.7 Å². The highest BCUT2D eigenvalue weighted by Crippen LogP contribution is 2.34. The second-order valence-corrected chi connectivity index (χ2v) is 9.84. The average Bonchev–Trinajstić information content (AvgIpc) is 2.71. The van der Waals surface area contributed by atoms with Gasteiger partial charge in [-0.2, -0.15) is 0 Å². The summed E-state index contributed by atoms with van der Waals surface area (Å²) in [4.78, 5) is 19.5. The van der Waals surface area contributed by atoms with Crippen molar-refractivity contribution in [3.05, 3.63) is 71.8 Å². The van der Waals surface area contributed by atoms with Crippen LogP contribution in [-0.4, -0.2) is 71.2 Å². The minimum absolute atomic E-state index is 0.192. The van der Waals surface area contributed by atoms with E-state index in [0.717, 1.165) is 32.7 Å². The Balaban J connectivity index is 1.38. The molecule has 2 aliphatic heterocycles. The van der Waals surface area contributed by atoms with E-state index in [1.165, 1.54) is 11.1 Å². The molecule has 0 saturated carbocycles. The summed E-state index contributed by atoms with van der Waals surface area (Å²) in [6.45, 7) is 12.4. The fourth-order valence-electron chi connectivity index (χ4n) is 4.80. The lowest BCUT2D eigenvalue weighted by Crippen LogP contribution is -2.66. The molecule has 0 aromatic heterocycles. The summed E-state index contributed by atoms with van der Waals surface area (Å²) < 4.78 is 5.57. The third kappa shape index (κ3) is 5.10. The van der Waals surface area contributed by atoms with Crippen LogP contribution in [0.4, 0.5) is 4.79 Å². The predicted molar refractivity (Wildman–Crippen MR) is 124 cm³/mol. The quantitative estimate of drug-likeness (QED) is 0.733. The monoisotopic (exact) mass is 421 g/mol. The molecule has 2 fully saturated rings. The SMILES string of the molecule is CC1CN(C(=O)OC(C)(C)C)CCN1C1CN(C(c2ccccc2)c2ccccc2)C1. The Morgan fingerprint density at radius 3 is 1.94 bits per heavy atom. The van der Waals surface area contributed by atoms with Crippen molar-refractivity contribution in [1.29, 1.82) is 0 Å². The first-order valence-corrected chi connectivity index (χ1v) is 11.4. The molecule has 1 atom stereocenters. The van der Waals surface area contributed by atoms with E-state index in [-0.39, 0.29) is 12.1 Å². The predicted octanol–water partition coefficient (Wildman–Crippen LogP) is 4.40. The fraction of sp³-hybridized carbons (Fsp3) is 0.500. The maximum Gasteiger partial charge on any atom is 0.410 e. The number of likely N-dealkylation sites (tertiary alicyclic amines) is 1. The molecule has 0 bridgehead atoms. The van der Waals surface area contributed by atoms with Crippen molar-refractivity contribution in [2.45, 2.75) is 51.4 Å². The Bertz CT molecular complexity index is 820. The second kappa shape index (κ2) is 9.01. The third-order valence-electron chi connectivity index (χ3n) is 6.29. The topological polar surface area (TPSA) is 36.0 Å². The zero-order chi connectivity index (χ0) is 22.0. The van der Waals surface area contributed by atoms with Gasteiger partial charge < -0.3 is 9.64 Å². The summed E-state index contributed by atoms with van der Waals surface area (Å²) in [5.74, 6) is 0. The maximum absolute atomic E-state index is 12.5. The maximum atomic E-state index is 12.5.